The Labute approximate surface area is 92.1 Å². The Kier molecular flexibility index (Phi) is 3.05. The molecule has 2 aliphatic heterocycles. The summed E-state index contributed by atoms with van der Waals surface area (Å²) >= 11 is 0. The number of hydrogen-bond acceptors (Lipinski definition) is 3. The first-order valence-electron chi connectivity index (χ1n) is 5.73. The van der Waals surface area contributed by atoms with Gasteiger partial charge in [-0.25, -0.2) is 8.42 Å². The average molecular weight is 232 g/mol. The van der Waals surface area contributed by atoms with E-state index in [1.165, 1.54) is 0 Å². The van der Waals surface area contributed by atoms with Gasteiger partial charge in [-0.05, 0) is 32.2 Å². The molecule has 0 radical (unpaired) electrons. The number of sulfonamides is 1. The van der Waals surface area contributed by atoms with Crippen molar-refractivity contribution in [2.75, 3.05) is 19.6 Å². The molecule has 0 aromatic heterocycles. The summed E-state index contributed by atoms with van der Waals surface area (Å²) in [6.07, 6.45) is 1.76. The Bertz CT molecular complexity index is 322. The van der Waals surface area contributed by atoms with Gasteiger partial charge in [-0.15, -0.1) is 0 Å². The number of nitrogens with one attached hydrogen (secondary N) is 1. The predicted octanol–water partition coefficient (Wildman–Crippen LogP) is 0.408. The van der Waals surface area contributed by atoms with Gasteiger partial charge in [-0.2, -0.15) is 4.31 Å². The average Bonchev–Trinajstić information content (AvgIpc) is 2.74. The van der Waals surface area contributed by atoms with Crippen molar-refractivity contribution in [1.29, 1.82) is 0 Å². The lowest BCUT2D eigenvalue weighted by molar-refractivity contribution is 0.399. The van der Waals surface area contributed by atoms with Gasteiger partial charge >= 0.3 is 0 Å². The standard InChI is InChI=1S/C10H20N2O2S/c1-8-5-9(2)12(7-8)15(13,14)10-3-4-11-6-10/h8-11H,3-7H2,1-2H3. The minimum absolute atomic E-state index is 0.186. The van der Waals surface area contributed by atoms with Crippen LogP contribution < -0.4 is 5.32 Å². The van der Waals surface area contributed by atoms with E-state index in [0.717, 1.165) is 19.4 Å². The van der Waals surface area contributed by atoms with Crippen LogP contribution in [0.25, 0.3) is 0 Å². The molecule has 2 aliphatic rings. The predicted molar refractivity (Wildman–Crippen MR) is 60.1 cm³/mol. The van der Waals surface area contributed by atoms with Crippen LogP contribution in [-0.2, 0) is 10.0 Å². The minimum Gasteiger partial charge on any atom is -0.315 e. The largest absolute Gasteiger partial charge is 0.315 e. The van der Waals surface area contributed by atoms with E-state index < -0.39 is 10.0 Å². The zero-order valence-corrected chi connectivity index (χ0v) is 10.3. The van der Waals surface area contributed by atoms with E-state index in [4.69, 9.17) is 0 Å². The summed E-state index contributed by atoms with van der Waals surface area (Å²) in [5, 5.41) is 2.93. The Hall–Kier alpha value is -0.130. The highest BCUT2D eigenvalue weighted by Gasteiger charge is 2.40. The SMILES string of the molecule is CC1CC(C)N(S(=O)(=O)C2CCNC2)C1. The maximum absolute atomic E-state index is 12.3. The molecule has 15 heavy (non-hydrogen) atoms. The molecule has 1 N–H and O–H groups in total. The summed E-state index contributed by atoms with van der Waals surface area (Å²) in [4.78, 5) is 0. The summed E-state index contributed by atoms with van der Waals surface area (Å²) in [5.41, 5.74) is 0. The fourth-order valence-corrected chi connectivity index (χ4v) is 4.87. The fourth-order valence-electron chi connectivity index (χ4n) is 2.69. The number of rotatable bonds is 2. The number of hydrogen-bond donors (Lipinski definition) is 1. The lowest BCUT2D eigenvalue weighted by Gasteiger charge is -2.24. The van der Waals surface area contributed by atoms with Gasteiger partial charge in [0.2, 0.25) is 10.0 Å². The molecule has 2 fully saturated rings. The summed E-state index contributed by atoms with van der Waals surface area (Å²) in [7, 11) is -3.05. The zero-order valence-electron chi connectivity index (χ0n) is 9.44. The van der Waals surface area contributed by atoms with Gasteiger partial charge in [0.1, 0.15) is 0 Å². The van der Waals surface area contributed by atoms with E-state index in [-0.39, 0.29) is 11.3 Å². The maximum Gasteiger partial charge on any atom is 0.218 e. The van der Waals surface area contributed by atoms with Crippen molar-refractivity contribution >= 4 is 10.0 Å². The Morgan fingerprint density at radius 2 is 2.07 bits per heavy atom. The van der Waals surface area contributed by atoms with Crippen molar-refractivity contribution in [3.8, 4) is 0 Å². The van der Waals surface area contributed by atoms with Crippen molar-refractivity contribution < 1.29 is 8.42 Å². The first-order chi connectivity index (χ1) is 7.01. The smallest absolute Gasteiger partial charge is 0.218 e. The third-order valence-electron chi connectivity index (χ3n) is 3.49. The molecule has 2 rings (SSSR count). The molecule has 0 aromatic rings. The summed E-state index contributed by atoms with van der Waals surface area (Å²) < 4.78 is 26.3. The van der Waals surface area contributed by atoms with Crippen LogP contribution in [0.5, 0.6) is 0 Å². The molecule has 5 heteroatoms. The molecule has 2 saturated heterocycles. The first kappa shape index (κ1) is 11.4. The summed E-state index contributed by atoms with van der Waals surface area (Å²) in [6, 6.07) is 0.186. The highest BCUT2D eigenvalue weighted by molar-refractivity contribution is 7.89. The van der Waals surface area contributed by atoms with Crippen LogP contribution in [0.1, 0.15) is 26.7 Å². The quantitative estimate of drug-likeness (QED) is 0.750. The van der Waals surface area contributed by atoms with Crippen molar-refractivity contribution in [2.45, 2.75) is 38.0 Å². The van der Waals surface area contributed by atoms with Gasteiger partial charge in [0, 0.05) is 19.1 Å². The normalized spacial score (nSPS) is 38.7. The van der Waals surface area contributed by atoms with Gasteiger partial charge < -0.3 is 5.32 Å². The Balaban J connectivity index is 2.14. The third-order valence-corrected chi connectivity index (χ3v) is 5.90. The highest BCUT2D eigenvalue weighted by Crippen LogP contribution is 2.28. The lowest BCUT2D eigenvalue weighted by Crippen LogP contribution is -2.41. The Morgan fingerprint density at radius 3 is 2.53 bits per heavy atom. The molecule has 0 aliphatic carbocycles. The van der Waals surface area contributed by atoms with E-state index >= 15 is 0 Å². The summed E-state index contributed by atoms with van der Waals surface area (Å²) in [5.74, 6) is 0.504. The molecule has 0 bridgehead atoms. The van der Waals surface area contributed by atoms with Crippen LogP contribution >= 0.6 is 0 Å². The molecule has 2 heterocycles. The molecular formula is C10H20N2O2S. The van der Waals surface area contributed by atoms with E-state index in [1.54, 1.807) is 4.31 Å². The van der Waals surface area contributed by atoms with Gasteiger partial charge in [0.15, 0.2) is 0 Å². The van der Waals surface area contributed by atoms with Crippen LogP contribution in [0.4, 0.5) is 0 Å². The van der Waals surface area contributed by atoms with Gasteiger partial charge in [0.05, 0.1) is 5.25 Å². The first-order valence-corrected chi connectivity index (χ1v) is 7.23. The van der Waals surface area contributed by atoms with E-state index in [9.17, 15) is 8.42 Å². The van der Waals surface area contributed by atoms with Gasteiger partial charge in [0.25, 0.3) is 0 Å². The van der Waals surface area contributed by atoms with Crippen molar-refractivity contribution in [1.82, 2.24) is 9.62 Å². The highest BCUT2D eigenvalue weighted by atomic mass is 32.2. The van der Waals surface area contributed by atoms with Gasteiger partial charge in [-0.3, -0.25) is 0 Å². The van der Waals surface area contributed by atoms with Gasteiger partial charge in [-0.1, -0.05) is 6.92 Å². The van der Waals surface area contributed by atoms with E-state index in [1.807, 2.05) is 6.92 Å². The monoisotopic (exact) mass is 232 g/mol. The van der Waals surface area contributed by atoms with Crippen LogP contribution in [0, 0.1) is 5.92 Å². The second kappa shape index (κ2) is 4.03. The second-order valence-corrected chi connectivity index (χ2v) is 7.08. The molecule has 0 saturated carbocycles. The Morgan fingerprint density at radius 1 is 1.33 bits per heavy atom. The molecule has 3 unspecified atom stereocenters. The molecule has 88 valence electrons. The second-order valence-electron chi connectivity index (χ2n) is 4.92. The van der Waals surface area contributed by atoms with Crippen LogP contribution in [0.15, 0.2) is 0 Å². The zero-order chi connectivity index (χ0) is 11.1. The topological polar surface area (TPSA) is 49.4 Å². The van der Waals surface area contributed by atoms with Crippen LogP contribution in [0.3, 0.4) is 0 Å². The van der Waals surface area contributed by atoms with Crippen molar-refractivity contribution in [3.63, 3.8) is 0 Å². The molecule has 0 amide bonds. The maximum atomic E-state index is 12.3. The molecule has 0 aromatic carbocycles. The molecule has 4 nitrogen and oxygen atoms in total. The van der Waals surface area contributed by atoms with Crippen molar-refractivity contribution in [3.05, 3.63) is 0 Å². The molecule has 0 spiro atoms. The van der Waals surface area contributed by atoms with E-state index in [2.05, 4.69) is 12.2 Å². The van der Waals surface area contributed by atoms with Crippen LogP contribution in [-0.4, -0.2) is 43.6 Å². The van der Waals surface area contributed by atoms with Crippen LogP contribution in [0.2, 0.25) is 0 Å². The number of nitrogens with zero attached hydrogens (tertiary/aromatic N) is 1. The van der Waals surface area contributed by atoms with Crippen molar-refractivity contribution in [2.24, 2.45) is 5.92 Å². The third kappa shape index (κ3) is 2.05. The summed E-state index contributed by atoms with van der Waals surface area (Å²) in [6.45, 7) is 6.31. The fraction of sp³-hybridized carbons (Fsp3) is 1.00. The lowest BCUT2D eigenvalue weighted by atomic mass is 10.1. The molecule has 3 atom stereocenters. The van der Waals surface area contributed by atoms with E-state index in [0.29, 0.717) is 19.0 Å². The molecular weight excluding hydrogens is 212 g/mol. The minimum atomic E-state index is -3.05.